The lowest BCUT2D eigenvalue weighted by atomic mass is 10.1. The van der Waals surface area contributed by atoms with E-state index in [-0.39, 0.29) is 31.1 Å². The zero-order valence-electron chi connectivity index (χ0n) is 41.5. The van der Waals surface area contributed by atoms with Gasteiger partial charge in [0.25, 0.3) is 0 Å². The van der Waals surface area contributed by atoms with Crippen LogP contribution in [0, 0.1) is 0 Å². The minimum absolute atomic E-state index is 0.0842. The number of esters is 3. The van der Waals surface area contributed by atoms with E-state index in [1.165, 1.54) is 70.6 Å². The second-order valence-corrected chi connectivity index (χ2v) is 17.1. The minimum Gasteiger partial charge on any atom is -0.462 e. The molecule has 0 N–H and O–H groups in total. The van der Waals surface area contributed by atoms with Gasteiger partial charge in [0.1, 0.15) is 13.2 Å². The van der Waals surface area contributed by atoms with Crippen LogP contribution in [0.1, 0.15) is 233 Å². The van der Waals surface area contributed by atoms with E-state index in [4.69, 9.17) is 14.2 Å². The van der Waals surface area contributed by atoms with Gasteiger partial charge in [-0.05, 0) is 83.5 Å². The van der Waals surface area contributed by atoms with Crippen LogP contribution in [0.4, 0.5) is 0 Å². The Morgan fingerprint density at radius 1 is 0.328 bits per heavy atom. The maximum absolute atomic E-state index is 12.7. The molecule has 0 heterocycles. The summed E-state index contributed by atoms with van der Waals surface area (Å²) in [5.41, 5.74) is 0. The molecule has 0 saturated heterocycles. The van der Waals surface area contributed by atoms with Crippen LogP contribution in [0.15, 0.2) is 97.2 Å². The molecule has 0 aromatic heterocycles. The van der Waals surface area contributed by atoms with Gasteiger partial charge >= 0.3 is 17.9 Å². The van der Waals surface area contributed by atoms with Crippen molar-refractivity contribution in [1.29, 1.82) is 0 Å². The Kier molecular flexibility index (Phi) is 49.0. The average molecular weight is 889 g/mol. The average Bonchev–Trinajstić information content (AvgIpc) is 3.29. The number of ether oxygens (including phenoxy) is 3. The maximum atomic E-state index is 12.7. The van der Waals surface area contributed by atoms with Crippen LogP contribution in [0.3, 0.4) is 0 Å². The molecule has 0 aliphatic carbocycles. The maximum Gasteiger partial charge on any atom is 0.306 e. The van der Waals surface area contributed by atoms with Crippen LogP contribution in [0.2, 0.25) is 0 Å². The van der Waals surface area contributed by atoms with Crippen molar-refractivity contribution in [2.45, 2.75) is 239 Å². The molecule has 0 fully saturated rings. The molecule has 0 spiro atoms. The van der Waals surface area contributed by atoms with Crippen LogP contribution in [-0.2, 0) is 28.6 Å². The summed E-state index contributed by atoms with van der Waals surface area (Å²) in [7, 11) is 0. The smallest absolute Gasteiger partial charge is 0.306 e. The van der Waals surface area contributed by atoms with E-state index in [0.717, 1.165) is 122 Å². The van der Waals surface area contributed by atoms with Crippen molar-refractivity contribution < 1.29 is 28.6 Å². The van der Waals surface area contributed by atoms with Crippen molar-refractivity contribution in [2.75, 3.05) is 13.2 Å². The lowest BCUT2D eigenvalue weighted by molar-refractivity contribution is -0.167. The fraction of sp³-hybridized carbons (Fsp3) is 0.672. The fourth-order valence-electron chi connectivity index (χ4n) is 6.93. The summed E-state index contributed by atoms with van der Waals surface area (Å²) >= 11 is 0. The van der Waals surface area contributed by atoms with Gasteiger partial charge in [0.2, 0.25) is 0 Å². The standard InChI is InChI=1S/C58H96O6/c1-4-7-10-13-16-18-20-21-22-23-24-25-26-27-28-29-30-31-32-33-34-35-36-37-38-40-42-45-48-51-57(60)63-54-55(53-62-56(59)50-47-44-41-15-12-9-6-3)64-58(61)52-49-46-43-39-19-17-14-11-8-5-2/h7,10,16,18,21-22,24-25,27-28,30-31,33-34,36-37,55H,4-6,8-9,11-15,17,19-20,23,26,29,32,35,38-54H2,1-3H3/b10-7-,18-16-,22-21-,25-24-,28-27-,31-30-,34-33-,37-36-. The Bertz CT molecular complexity index is 1300. The largest absolute Gasteiger partial charge is 0.462 e. The van der Waals surface area contributed by atoms with Gasteiger partial charge < -0.3 is 14.2 Å². The number of unbranched alkanes of at least 4 members (excludes halogenated alkanes) is 19. The van der Waals surface area contributed by atoms with Gasteiger partial charge in [0.15, 0.2) is 6.10 Å². The first-order valence-electron chi connectivity index (χ1n) is 26.2. The highest BCUT2D eigenvalue weighted by molar-refractivity contribution is 5.71. The predicted octanol–water partition coefficient (Wildman–Crippen LogP) is 17.4. The normalized spacial score (nSPS) is 12.9. The van der Waals surface area contributed by atoms with Crippen molar-refractivity contribution in [3.8, 4) is 0 Å². The lowest BCUT2D eigenvalue weighted by Crippen LogP contribution is -2.30. The monoisotopic (exact) mass is 889 g/mol. The number of carbonyl (C=O) groups is 3. The number of allylic oxidation sites excluding steroid dienone is 16. The molecule has 6 nitrogen and oxygen atoms in total. The van der Waals surface area contributed by atoms with Crippen LogP contribution >= 0.6 is 0 Å². The molecule has 6 heteroatoms. The molecule has 0 amide bonds. The summed E-state index contributed by atoms with van der Waals surface area (Å²) in [6.07, 6.45) is 68.5. The highest BCUT2D eigenvalue weighted by Gasteiger charge is 2.19. The summed E-state index contributed by atoms with van der Waals surface area (Å²) in [5, 5.41) is 0. The Labute approximate surface area is 394 Å². The highest BCUT2D eigenvalue weighted by Crippen LogP contribution is 2.14. The third-order valence-corrected chi connectivity index (χ3v) is 10.9. The van der Waals surface area contributed by atoms with Crippen LogP contribution in [-0.4, -0.2) is 37.2 Å². The molecule has 64 heavy (non-hydrogen) atoms. The topological polar surface area (TPSA) is 78.9 Å². The molecule has 0 saturated carbocycles. The van der Waals surface area contributed by atoms with Crippen molar-refractivity contribution in [2.24, 2.45) is 0 Å². The molecule has 0 aromatic rings. The number of hydrogen-bond acceptors (Lipinski definition) is 6. The second-order valence-electron chi connectivity index (χ2n) is 17.1. The molecular weight excluding hydrogens is 793 g/mol. The van der Waals surface area contributed by atoms with E-state index in [0.29, 0.717) is 19.3 Å². The third-order valence-electron chi connectivity index (χ3n) is 10.9. The molecular formula is C58H96O6. The summed E-state index contributed by atoms with van der Waals surface area (Å²) in [6, 6.07) is 0. The van der Waals surface area contributed by atoms with Crippen LogP contribution in [0.5, 0.6) is 0 Å². The molecule has 0 aliphatic heterocycles. The Balaban J connectivity index is 4.20. The molecule has 0 radical (unpaired) electrons. The summed E-state index contributed by atoms with van der Waals surface area (Å²) in [4.78, 5) is 37.7. The Hall–Kier alpha value is -3.67. The molecule has 1 atom stereocenters. The zero-order valence-corrected chi connectivity index (χ0v) is 41.5. The highest BCUT2D eigenvalue weighted by atomic mass is 16.6. The minimum atomic E-state index is -0.782. The molecule has 0 aliphatic rings. The van der Waals surface area contributed by atoms with Gasteiger partial charge in [-0.2, -0.15) is 0 Å². The molecule has 0 bridgehead atoms. The van der Waals surface area contributed by atoms with E-state index in [1.807, 2.05) is 0 Å². The van der Waals surface area contributed by atoms with E-state index < -0.39 is 6.10 Å². The lowest BCUT2D eigenvalue weighted by Gasteiger charge is -2.18. The molecule has 0 rings (SSSR count). The van der Waals surface area contributed by atoms with Gasteiger partial charge in [-0.3, -0.25) is 14.4 Å². The first-order chi connectivity index (χ1) is 31.5. The summed E-state index contributed by atoms with van der Waals surface area (Å²) < 4.78 is 16.7. The van der Waals surface area contributed by atoms with E-state index in [9.17, 15) is 14.4 Å². The summed E-state index contributed by atoms with van der Waals surface area (Å²) in [6.45, 7) is 6.43. The number of carbonyl (C=O) groups excluding carboxylic acids is 3. The van der Waals surface area contributed by atoms with Gasteiger partial charge in [0, 0.05) is 19.3 Å². The van der Waals surface area contributed by atoms with Gasteiger partial charge in [-0.25, -0.2) is 0 Å². The first-order valence-corrected chi connectivity index (χ1v) is 26.2. The van der Waals surface area contributed by atoms with E-state index in [1.54, 1.807) is 0 Å². The molecule has 364 valence electrons. The van der Waals surface area contributed by atoms with Gasteiger partial charge in [-0.15, -0.1) is 0 Å². The molecule has 0 aromatic carbocycles. The van der Waals surface area contributed by atoms with Crippen molar-refractivity contribution in [3.63, 3.8) is 0 Å². The van der Waals surface area contributed by atoms with E-state index in [2.05, 4.69) is 118 Å². The van der Waals surface area contributed by atoms with Gasteiger partial charge in [0.05, 0.1) is 0 Å². The van der Waals surface area contributed by atoms with E-state index >= 15 is 0 Å². The SMILES string of the molecule is CC/C=C\C/C=C\C/C=C\C/C=C\C/C=C\C/C=C\C/C=C\C/C=C\CCCCCCC(=O)OCC(COC(=O)CCCCCCCCC)OC(=O)CCCCCCCCCCCC. The van der Waals surface area contributed by atoms with Crippen LogP contribution in [0.25, 0.3) is 0 Å². The first kappa shape index (κ1) is 60.3. The Morgan fingerprint density at radius 2 is 0.609 bits per heavy atom. The summed E-state index contributed by atoms with van der Waals surface area (Å²) in [5.74, 6) is -0.922. The fourth-order valence-corrected chi connectivity index (χ4v) is 6.93. The zero-order chi connectivity index (χ0) is 46.5. The van der Waals surface area contributed by atoms with Crippen molar-refractivity contribution in [1.82, 2.24) is 0 Å². The Morgan fingerprint density at radius 3 is 0.953 bits per heavy atom. The van der Waals surface area contributed by atoms with Crippen molar-refractivity contribution in [3.05, 3.63) is 97.2 Å². The molecule has 1 unspecified atom stereocenters. The van der Waals surface area contributed by atoms with Gasteiger partial charge in [-0.1, -0.05) is 227 Å². The number of hydrogen-bond donors (Lipinski definition) is 0. The quantitative estimate of drug-likeness (QED) is 0.0262. The van der Waals surface area contributed by atoms with Crippen LogP contribution < -0.4 is 0 Å². The number of rotatable bonds is 46. The second kappa shape index (κ2) is 52.0. The third kappa shape index (κ3) is 49.3. The predicted molar refractivity (Wildman–Crippen MR) is 274 cm³/mol. The van der Waals surface area contributed by atoms with Crippen molar-refractivity contribution >= 4 is 17.9 Å².